The molecule has 2 bridgehead atoms. The smallest absolute Gasteiger partial charge is 0.307 e. The zero-order valence-electron chi connectivity index (χ0n) is 15.8. The quantitative estimate of drug-likeness (QED) is 0.734. The molecule has 0 aromatic carbocycles. The molecule has 2 heterocycles. The van der Waals surface area contributed by atoms with Gasteiger partial charge in [-0.3, -0.25) is 14.5 Å². The molecule has 8 atom stereocenters. The fourth-order valence-electron chi connectivity index (χ4n) is 8.87. The number of carbonyl (C=O) groups excluding carboxylic acids is 1. The van der Waals surface area contributed by atoms with Crippen LogP contribution in [0.1, 0.15) is 52.4 Å². The van der Waals surface area contributed by atoms with Gasteiger partial charge in [0.1, 0.15) is 5.78 Å². The van der Waals surface area contributed by atoms with E-state index >= 15 is 0 Å². The maximum atomic E-state index is 14.1. The molecule has 0 aromatic heterocycles. The Kier molecular flexibility index (Phi) is 2.82. The van der Waals surface area contributed by atoms with Crippen molar-refractivity contribution >= 4 is 11.8 Å². The maximum absolute atomic E-state index is 14.1. The molecule has 2 aliphatic heterocycles. The van der Waals surface area contributed by atoms with Gasteiger partial charge in [0.2, 0.25) is 0 Å². The average Bonchev–Trinajstić information content (AvgIpc) is 3.21. The molecule has 4 fully saturated rings. The van der Waals surface area contributed by atoms with Gasteiger partial charge in [-0.1, -0.05) is 25.0 Å². The standard InChI is InChI=1S/C22H29NO3/c1-11-9-23-10-13-5-3-12-4-6-14-16(20(25)26)8-22(18(12)14)19(24)15(11)7-17(23)21(13,22)2/h11,13-17H,3-10H2,1-2H3,(H,25,26)/t11-,13-,14-,15?,16-,17-,21-,22+/m1/s1. The van der Waals surface area contributed by atoms with Crippen molar-refractivity contribution in [1.29, 1.82) is 0 Å². The summed E-state index contributed by atoms with van der Waals surface area (Å²) in [6.45, 7) is 6.82. The Labute approximate surface area is 155 Å². The number of carbonyl (C=O) groups is 2. The van der Waals surface area contributed by atoms with Gasteiger partial charge in [0.05, 0.1) is 11.3 Å². The molecule has 6 aliphatic rings. The Morgan fingerprint density at radius 2 is 1.96 bits per heavy atom. The van der Waals surface area contributed by atoms with Crippen molar-refractivity contribution in [3.05, 3.63) is 11.1 Å². The Bertz CT molecular complexity index is 771. The first-order valence-electron chi connectivity index (χ1n) is 10.6. The largest absolute Gasteiger partial charge is 0.481 e. The van der Waals surface area contributed by atoms with Gasteiger partial charge in [-0.25, -0.2) is 0 Å². The van der Waals surface area contributed by atoms with E-state index in [0.29, 0.717) is 30.1 Å². The van der Waals surface area contributed by atoms with Crippen LogP contribution in [0.2, 0.25) is 0 Å². The zero-order chi connectivity index (χ0) is 18.0. The van der Waals surface area contributed by atoms with Crippen LogP contribution >= 0.6 is 0 Å². The van der Waals surface area contributed by atoms with E-state index in [1.165, 1.54) is 17.6 Å². The molecular formula is C22H29NO3. The SMILES string of the molecule is C[C@@H]1CN2C[C@H]3CCC4=C5[C@H](CC4)[C@H](C(=O)O)C[C@@]54C(=O)C1C[C@@H]2[C@@]34C. The summed E-state index contributed by atoms with van der Waals surface area (Å²) < 4.78 is 0. The van der Waals surface area contributed by atoms with Crippen LogP contribution < -0.4 is 0 Å². The normalized spacial score (nSPS) is 54.5. The van der Waals surface area contributed by atoms with Crippen molar-refractivity contribution in [3.8, 4) is 0 Å². The predicted octanol–water partition coefficient (Wildman–Crippen LogP) is 3.12. The third-order valence-corrected chi connectivity index (χ3v) is 9.89. The lowest BCUT2D eigenvalue weighted by Crippen LogP contribution is -2.64. The summed E-state index contributed by atoms with van der Waals surface area (Å²) in [5.41, 5.74) is 2.32. The molecule has 1 unspecified atom stereocenters. The third-order valence-electron chi connectivity index (χ3n) is 9.89. The van der Waals surface area contributed by atoms with Crippen LogP contribution in [0.4, 0.5) is 0 Å². The number of fused-ring (bicyclic) bond motifs is 1. The topological polar surface area (TPSA) is 57.6 Å². The number of allylic oxidation sites excluding steroid dienone is 2. The molecule has 0 amide bonds. The molecule has 0 radical (unpaired) electrons. The van der Waals surface area contributed by atoms with E-state index < -0.39 is 11.4 Å². The van der Waals surface area contributed by atoms with Gasteiger partial charge in [0.25, 0.3) is 0 Å². The van der Waals surface area contributed by atoms with Gasteiger partial charge in [-0.2, -0.15) is 0 Å². The number of piperidine rings is 1. The number of Topliss-reactive ketones (excluding diaryl/α,β-unsaturated/α-hetero) is 1. The highest BCUT2D eigenvalue weighted by Crippen LogP contribution is 2.74. The van der Waals surface area contributed by atoms with Crippen LogP contribution in [-0.4, -0.2) is 40.9 Å². The number of aliphatic carboxylic acids is 1. The van der Waals surface area contributed by atoms with Crippen molar-refractivity contribution in [2.24, 2.45) is 40.4 Å². The number of hydrogen-bond donors (Lipinski definition) is 1. The molecule has 26 heavy (non-hydrogen) atoms. The second-order valence-corrected chi connectivity index (χ2v) is 10.4. The number of nitrogens with zero attached hydrogens (tertiary/aromatic N) is 1. The van der Waals surface area contributed by atoms with Gasteiger partial charge in [0, 0.05) is 30.5 Å². The first-order chi connectivity index (χ1) is 12.4. The molecule has 2 saturated carbocycles. The summed E-state index contributed by atoms with van der Waals surface area (Å²) in [6, 6.07) is 0.479. The van der Waals surface area contributed by atoms with Crippen molar-refractivity contribution in [3.63, 3.8) is 0 Å². The first kappa shape index (κ1) is 15.9. The fourth-order valence-corrected chi connectivity index (χ4v) is 8.87. The summed E-state index contributed by atoms with van der Waals surface area (Å²) in [6.07, 6.45) is 5.91. The molecule has 1 spiro atoms. The van der Waals surface area contributed by atoms with E-state index in [1.54, 1.807) is 0 Å². The van der Waals surface area contributed by atoms with E-state index in [0.717, 1.165) is 38.8 Å². The number of rotatable bonds is 1. The fraction of sp³-hybridized carbons (Fsp3) is 0.818. The lowest BCUT2D eigenvalue weighted by molar-refractivity contribution is -0.158. The lowest BCUT2D eigenvalue weighted by atomic mass is 9.45. The average molecular weight is 355 g/mol. The van der Waals surface area contributed by atoms with Crippen molar-refractivity contribution in [2.45, 2.75) is 58.4 Å². The van der Waals surface area contributed by atoms with Crippen LogP contribution in [0, 0.1) is 40.4 Å². The maximum Gasteiger partial charge on any atom is 0.307 e. The summed E-state index contributed by atoms with van der Waals surface area (Å²) in [5.74, 6) is 0.657. The van der Waals surface area contributed by atoms with Gasteiger partial charge < -0.3 is 5.11 Å². The molecule has 6 rings (SSSR count). The Morgan fingerprint density at radius 3 is 2.73 bits per heavy atom. The summed E-state index contributed by atoms with van der Waals surface area (Å²) in [4.78, 5) is 29.0. The summed E-state index contributed by atoms with van der Waals surface area (Å²) >= 11 is 0. The zero-order valence-corrected chi connectivity index (χ0v) is 15.8. The second kappa shape index (κ2) is 4.63. The van der Waals surface area contributed by atoms with Crippen molar-refractivity contribution < 1.29 is 14.7 Å². The molecule has 2 saturated heterocycles. The molecule has 140 valence electrons. The van der Waals surface area contributed by atoms with Gasteiger partial charge in [-0.05, 0) is 56.3 Å². The van der Waals surface area contributed by atoms with Gasteiger partial charge >= 0.3 is 5.97 Å². The molecule has 4 heteroatoms. The number of ketones is 1. The molecular weight excluding hydrogens is 326 g/mol. The van der Waals surface area contributed by atoms with Crippen LogP contribution in [-0.2, 0) is 9.59 Å². The number of hydrogen-bond acceptors (Lipinski definition) is 3. The van der Waals surface area contributed by atoms with Gasteiger partial charge in [-0.15, -0.1) is 0 Å². The molecule has 4 aliphatic carbocycles. The van der Waals surface area contributed by atoms with E-state index in [2.05, 4.69) is 18.7 Å². The van der Waals surface area contributed by atoms with Crippen LogP contribution in [0.25, 0.3) is 0 Å². The Hall–Kier alpha value is -1.16. The van der Waals surface area contributed by atoms with E-state index in [4.69, 9.17) is 0 Å². The summed E-state index contributed by atoms with van der Waals surface area (Å²) in [5, 5.41) is 9.99. The predicted molar refractivity (Wildman–Crippen MR) is 96.4 cm³/mol. The number of carboxylic acids is 1. The first-order valence-corrected chi connectivity index (χ1v) is 10.6. The molecule has 1 N–H and O–H groups in total. The highest BCUT2D eigenvalue weighted by molar-refractivity contribution is 5.95. The van der Waals surface area contributed by atoms with E-state index in [1.807, 2.05) is 0 Å². The third kappa shape index (κ3) is 1.44. The van der Waals surface area contributed by atoms with Crippen LogP contribution in [0.3, 0.4) is 0 Å². The van der Waals surface area contributed by atoms with Crippen molar-refractivity contribution in [2.75, 3.05) is 13.1 Å². The Morgan fingerprint density at radius 1 is 1.19 bits per heavy atom. The van der Waals surface area contributed by atoms with Crippen LogP contribution in [0.15, 0.2) is 11.1 Å². The number of carboxylic acid groups (broad SMARTS) is 1. The molecule has 4 nitrogen and oxygen atoms in total. The lowest BCUT2D eigenvalue weighted by Gasteiger charge is -2.59. The monoisotopic (exact) mass is 355 g/mol. The van der Waals surface area contributed by atoms with Crippen LogP contribution in [0.5, 0.6) is 0 Å². The highest BCUT2D eigenvalue weighted by Gasteiger charge is 2.76. The van der Waals surface area contributed by atoms with Gasteiger partial charge in [0.15, 0.2) is 0 Å². The Balaban J connectivity index is 1.65. The molecule has 0 aromatic rings. The van der Waals surface area contributed by atoms with E-state index in [-0.39, 0.29) is 23.2 Å². The minimum Gasteiger partial charge on any atom is -0.481 e. The van der Waals surface area contributed by atoms with Crippen molar-refractivity contribution in [1.82, 2.24) is 4.90 Å². The minimum atomic E-state index is -0.669. The van der Waals surface area contributed by atoms with E-state index in [9.17, 15) is 14.7 Å². The minimum absolute atomic E-state index is 0.0510. The second-order valence-electron chi connectivity index (χ2n) is 10.4. The summed E-state index contributed by atoms with van der Waals surface area (Å²) in [7, 11) is 0. The highest BCUT2D eigenvalue weighted by atomic mass is 16.4.